The number of benzene rings is 1. The van der Waals surface area contributed by atoms with E-state index in [9.17, 15) is 0 Å². The minimum Gasteiger partial charge on any atom is -0.491 e. The Balaban J connectivity index is 1.22. The number of piperazine rings is 1. The molecule has 0 aliphatic carbocycles. The summed E-state index contributed by atoms with van der Waals surface area (Å²) >= 11 is 1.63. The maximum atomic E-state index is 5.98. The smallest absolute Gasteiger partial charge is 0.223 e. The first-order valence-electron chi connectivity index (χ1n) is 11.5. The van der Waals surface area contributed by atoms with E-state index in [0.717, 1.165) is 49.3 Å². The monoisotopic (exact) mass is 497 g/mol. The lowest BCUT2D eigenvalue weighted by atomic mass is 10.2. The van der Waals surface area contributed by atoms with Crippen LogP contribution >= 0.6 is 11.8 Å². The van der Waals surface area contributed by atoms with Gasteiger partial charge in [-0.2, -0.15) is 4.98 Å². The fourth-order valence-electron chi connectivity index (χ4n) is 3.67. The van der Waals surface area contributed by atoms with Crippen LogP contribution in [0.4, 0.5) is 17.5 Å². The van der Waals surface area contributed by atoms with Crippen LogP contribution in [-0.4, -0.2) is 79.5 Å². The van der Waals surface area contributed by atoms with Gasteiger partial charge in [0, 0.05) is 57.3 Å². The fraction of sp³-hybridized carbons (Fsp3) is 0.375. The number of hydrogen-bond donors (Lipinski definition) is 2. The summed E-state index contributed by atoms with van der Waals surface area (Å²) in [5.41, 5.74) is 13.1. The summed E-state index contributed by atoms with van der Waals surface area (Å²) in [7, 11) is 1.67. The van der Waals surface area contributed by atoms with E-state index in [-0.39, 0.29) is 11.8 Å². The summed E-state index contributed by atoms with van der Waals surface area (Å²) in [6, 6.07) is 13.6. The summed E-state index contributed by atoms with van der Waals surface area (Å²) in [6.45, 7) is 6.09. The van der Waals surface area contributed by atoms with Gasteiger partial charge in [-0.25, -0.2) is 9.98 Å². The molecule has 186 valence electrons. The Morgan fingerprint density at radius 1 is 1.11 bits per heavy atom. The van der Waals surface area contributed by atoms with Crippen molar-refractivity contribution >= 4 is 35.1 Å². The summed E-state index contributed by atoms with van der Waals surface area (Å²) in [4.78, 5) is 17.7. The van der Waals surface area contributed by atoms with Crippen LogP contribution in [0.5, 0.6) is 5.75 Å². The number of nitrogens with two attached hydrogens (primary N) is 2. The minimum atomic E-state index is 0.171. The summed E-state index contributed by atoms with van der Waals surface area (Å²) in [6.07, 6.45) is 1.55. The predicted molar refractivity (Wildman–Crippen MR) is 139 cm³/mol. The van der Waals surface area contributed by atoms with Crippen molar-refractivity contribution in [2.24, 2.45) is 10.7 Å². The maximum absolute atomic E-state index is 5.98. The second-order valence-electron chi connectivity index (χ2n) is 7.91. The van der Waals surface area contributed by atoms with Gasteiger partial charge in [0.05, 0.1) is 12.9 Å². The summed E-state index contributed by atoms with van der Waals surface area (Å²) in [5.74, 6) is 3.07. The quantitative estimate of drug-likeness (QED) is 0.134. The van der Waals surface area contributed by atoms with E-state index < -0.39 is 0 Å². The lowest BCUT2D eigenvalue weighted by Gasteiger charge is -2.36. The normalized spacial score (nSPS) is 14.9. The van der Waals surface area contributed by atoms with Crippen molar-refractivity contribution in [2.45, 2.75) is 5.03 Å². The molecule has 10 nitrogen and oxygen atoms in total. The molecule has 1 aliphatic rings. The molecule has 0 amide bonds. The molecule has 35 heavy (non-hydrogen) atoms. The number of aromatic nitrogens is 2. The Morgan fingerprint density at radius 2 is 1.91 bits per heavy atom. The highest BCUT2D eigenvalue weighted by Crippen LogP contribution is 2.23. The average molecular weight is 498 g/mol. The number of thioether (sulfide) groups is 1. The zero-order valence-corrected chi connectivity index (χ0v) is 20.6. The molecule has 0 radical (unpaired) electrons. The number of aliphatic imine (C=N–C) groups is 1. The minimum absolute atomic E-state index is 0.171. The van der Waals surface area contributed by atoms with E-state index in [1.54, 1.807) is 43.3 Å². The molecule has 11 heteroatoms. The van der Waals surface area contributed by atoms with Crippen LogP contribution in [0.2, 0.25) is 0 Å². The van der Waals surface area contributed by atoms with Gasteiger partial charge in [-0.05, 0) is 36.4 Å². The Labute approximate surface area is 209 Å². The molecule has 4 rings (SSSR count). The van der Waals surface area contributed by atoms with Crippen LogP contribution in [0, 0.1) is 0 Å². The number of amidine groups is 1. The molecule has 0 unspecified atom stereocenters. The molecule has 0 atom stereocenters. The molecular weight excluding hydrogens is 466 g/mol. The Hall–Kier alpha value is -3.28. The lowest BCUT2D eigenvalue weighted by molar-refractivity contribution is 0.146. The van der Waals surface area contributed by atoms with Crippen LogP contribution in [-0.2, 0) is 4.74 Å². The first-order chi connectivity index (χ1) is 17.1. The molecule has 3 heterocycles. The third-order valence-corrected chi connectivity index (χ3v) is 6.39. The van der Waals surface area contributed by atoms with Crippen LogP contribution in [0.3, 0.4) is 0 Å². The highest BCUT2D eigenvalue weighted by molar-refractivity contribution is 7.99. The van der Waals surface area contributed by atoms with Crippen LogP contribution in [0.25, 0.3) is 0 Å². The van der Waals surface area contributed by atoms with Crippen molar-refractivity contribution in [1.82, 2.24) is 14.9 Å². The predicted octanol–water partition coefficient (Wildman–Crippen LogP) is 2.63. The van der Waals surface area contributed by atoms with Crippen molar-refractivity contribution in [3.63, 3.8) is 0 Å². The van der Waals surface area contributed by atoms with E-state index in [0.29, 0.717) is 24.8 Å². The van der Waals surface area contributed by atoms with Crippen molar-refractivity contribution in [2.75, 3.05) is 69.4 Å². The Morgan fingerprint density at radius 3 is 2.63 bits per heavy atom. The summed E-state index contributed by atoms with van der Waals surface area (Å²) < 4.78 is 15.9. The average Bonchev–Trinajstić information content (AvgIpc) is 3.40. The third-order valence-electron chi connectivity index (χ3n) is 5.50. The van der Waals surface area contributed by atoms with Crippen LogP contribution < -0.4 is 21.1 Å². The zero-order valence-electron chi connectivity index (χ0n) is 19.8. The third kappa shape index (κ3) is 7.35. The Kier molecular flexibility index (Phi) is 8.82. The number of hydrogen-bond acceptors (Lipinski definition) is 10. The molecule has 0 bridgehead atoms. The highest BCUT2D eigenvalue weighted by Gasteiger charge is 2.17. The molecule has 1 fully saturated rings. The largest absolute Gasteiger partial charge is 0.491 e. The first-order valence-corrected chi connectivity index (χ1v) is 12.4. The first kappa shape index (κ1) is 24.8. The molecule has 1 saturated heterocycles. The van der Waals surface area contributed by atoms with Crippen LogP contribution in [0.15, 0.2) is 63.2 Å². The van der Waals surface area contributed by atoms with Gasteiger partial charge in [-0.1, -0.05) is 0 Å². The molecule has 1 aliphatic heterocycles. The maximum Gasteiger partial charge on any atom is 0.223 e. The van der Waals surface area contributed by atoms with Gasteiger partial charge in [0.15, 0.2) is 17.4 Å². The van der Waals surface area contributed by atoms with Gasteiger partial charge < -0.3 is 30.3 Å². The number of methoxy groups -OCH3 is 1. The van der Waals surface area contributed by atoms with E-state index in [4.69, 9.17) is 25.4 Å². The number of nitrogens with zero attached hydrogens (tertiary/aromatic N) is 5. The standard InChI is InChI=1S/C24H31N7O3S/c1-32-14-15-33-19-6-4-18(5-7-19)31-10-8-30(9-11-31)12-16-35-22-17-21(28-24(26)29-22)27-23(25)20-3-2-13-34-20/h2-7,13,17H,8-12,14-16H2,1H3,(H4,25,26,27,28,29). The van der Waals surface area contributed by atoms with Gasteiger partial charge >= 0.3 is 0 Å². The van der Waals surface area contributed by atoms with Gasteiger partial charge in [0.25, 0.3) is 0 Å². The van der Waals surface area contributed by atoms with Gasteiger partial charge in [-0.15, -0.1) is 11.8 Å². The molecule has 2 aromatic heterocycles. The van der Waals surface area contributed by atoms with E-state index >= 15 is 0 Å². The molecular formula is C24H31N7O3S. The SMILES string of the molecule is COCCOc1ccc(N2CCN(CCSc3cc(/N=C(\N)c4ccco4)nc(N)n3)CC2)cc1. The van der Waals surface area contributed by atoms with Gasteiger partial charge in [0.1, 0.15) is 17.4 Å². The highest BCUT2D eigenvalue weighted by atomic mass is 32.2. The number of anilines is 2. The number of nitrogen functional groups attached to an aromatic ring is 1. The second-order valence-corrected chi connectivity index (χ2v) is 9.02. The zero-order chi connectivity index (χ0) is 24.5. The molecule has 4 N–H and O–H groups in total. The topological polar surface area (TPSA) is 128 Å². The second kappa shape index (κ2) is 12.4. The van der Waals surface area contributed by atoms with E-state index in [1.807, 2.05) is 12.1 Å². The van der Waals surface area contributed by atoms with E-state index in [2.05, 4.69) is 36.9 Å². The van der Waals surface area contributed by atoms with Crippen molar-refractivity contribution in [1.29, 1.82) is 0 Å². The fourth-order valence-corrected chi connectivity index (χ4v) is 4.57. The van der Waals surface area contributed by atoms with Crippen LogP contribution in [0.1, 0.15) is 5.76 Å². The number of furan rings is 1. The number of ether oxygens (including phenoxy) is 2. The van der Waals surface area contributed by atoms with Gasteiger partial charge in [-0.3, -0.25) is 4.90 Å². The van der Waals surface area contributed by atoms with Crippen molar-refractivity contribution in [3.05, 3.63) is 54.5 Å². The summed E-state index contributed by atoms with van der Waals surface area (Å²) in [5, 5.41) is 0.773. The molecule has 0 spiro atoms. The Bertz CT molecular complexity index is 1090. The van der Waals surface area contributed by atoms with Crippen molar-refractivity contribution < 1.29 is 13.9 Å². The molecule has 0 saturated carbocycles. The lowest BCUT2D eigenvalue weighted by Crippen LogP contribution is -2.47. The molecule has 1 aromatic carbocycles. The molecule has 3 aromatic rings. The number of rotatable bonds is 11. The van der Waals surface area contributed by atoms with E-state index in [1.165, 1.54) is 5.69 Å². The van der Waals surface area contributed by atoms with Crippen molar-refractivity contribution in [3.8, 4) is 5.75 Å². The van der Waals surface area contributed by atoms with Gasteiger partial charge in [0.2, 0.25) is 5.95 Å².